The number of carbonyl (C=O) groups is 2. The SMILES string of the molecule is Cc1nnc(NC(=O)CSc2nnc(CNC(=O)C34CC5CC(CC(C5)C3)C4)n2-c2ccccc2Cl)s1. The highest BCUT2D eigenvalue weighted by Gasteiger charge is 2.54. The molecule has 0 saturated heterocycles. The Kier molecular flexibility index (Phi) is 6.70. The van der Waals surface area contributed by atoms with Gasteiger partial charge in [0.05, 0.1) is 23.0 Å². The molecule has 0 atom stereocenters. The van der Waals surface area contributed by atoms with Gasteiger partial charge in [-0.2, -0.15) is 0 Å². The van der Waals surface area contributed by atoms with Crippen molar-refractivity contribution < 1.29 is 9.59 Å². The van der Waals surface area contributed by atoms with Gasteiger partial charge in [-0.15, -0.1) is 20.4 Å². The van der Waals surface area contributed by atoms with Crippen LogP contribution in [-0.2, 0) is 16.1 Å². The summed E-state index contributed by atoms with van der Waals surface area (Å²) in [5, 5.41) is 24.8. The second-order valence-corrected chi connectivity index (χ2v) is 13.1. The van der Waals surface area contributed by atoms with Crippen LogP contribution in [0.1, 0.15) is 49.4 Å². The first-order valence-corrected chi connectivity index (χ1v) is 14.8. The Hall–Kier alpha value is -2.50. The molecule has 2 heterocycles. The van der Waals surface area contributed by atoms with Gasteiger partial charge in [0.15, 0.2) is 11.0 Å². The molecule has 0 radical (unpaired) electrons. The molecule has 3 aromatic rings. The van der Waals surface area contributed by atoms with Crippen LogP contribution in [-0.4, -0.2) is 42.5 Å². The van der Waals surface area contributed by atoms with Crippen LogP contribution in [0.2, 0.25) is 5.02 Å². The average molecular weight is 558 g/mol. The van der Waals surface area contributed by atoms with Crippen molar-refractivity contribution in [2.75, 3.05) is 11.1 Å². The number of thioether (sulfide) groups is 1. The number of rotatable bonds is 8. The molecule has 2 amide bonds. The van der Waals surface area contributed by atoms with Gasteiger partial charge >= 0.3 is 0 Å². The normalized spacial score (nSPS) is 25.8. The fourth-order valence-electron chi connectivity index (χ4n) is 6.75. The highest BCUT2D eigenvalue weighted by Crippen LogP contribution is 2.60. The van der Waals surface area contributed by atoms with Crippen molar-refractivity contribution in [2.24, 2.45) is 23.2 Å². The van der Waals surface area contributed by atoms with Crippen LogP contribution in [0, 0.1) is 30.1 Å². The number of halogens is 1. The standard InChI is InChI=1S/C25H28ClN7O2S2/c1-14-29-31-23(37-14)28-21(34)13-36-24-32-30-20(33(24)19-5-3-2-4-18(19)26)12-27-22(35)25-9-15-6-16(10-25)8-17(7-15)11-25/h2-5,15-17H,6-13H2,1H3,(H,27,35)(H,28,31,34). The van der Waals surface area contributed by atoms with Gasteiger partial charge < -0.3 is 5.32 Å². The fourth-order valence-corrected chi connectivity index (χ4v) is 8.34. The monoisotopic (exact) mass is 557 g/mol. The van der Waals surface area contributed by atoms with E-state index in [4.69, 9.17) is 11.6 Å². The third-order valence-corrected chi connectivity index (χ3v) is 9.83. The van der Waals surface area contributed by atoms with E-state index in [1.165, 1.54) is 42.4 Å². The quantitative estimate of drug-likeness (QED) is 0.388. The van der Waals surface area contributed by atoms with Crippen molar-refractivity contribution in [2.45, 2.75) is 57.1 Å². The van der Waals surface area contributed by atoms with Crippen LogP contribution in [0.15, 0.2) is 29.4 Å². The van der Waals surface area contributed by atoms with E-state index in [0.717, 1.165) is 24.3 Å². The molecular formula is C25H28ClN7O2S2. The second-order valence-electron chi connectivity index (χ2n) is 10.5. The average Bonchev–Trinajstić information content (AvgIpc) is 3.46. The molecule has 4 aliphatic carbocycles. The maximum absolute atomic E-state index is 13.5. The van der Waals surface area contributed by atoms with Gasteiger partial charge in [-0.3, -0.25) is 19.5 Å². The van der Waals surface area contributed by atoms with E-state index >= 15 is 0 Å². The second kappa shape index (κ2) is 9.99. The number of anilines is 1. The number of aryl methyl sites for hydroxylation is 1. The van der Waals surface area contributed by atoms with Crippen molar-refractivity contribution in [3.63, 3.8) is 0 Å². The summed E-state index contributed by atoms with van der Waals surface area (Å²) in [6.07, 6.45) is 6.89. The van der Waals surface area contributed by atoms with E-state index in [2.05, 4.69) is 31.0 Å². The predicted octanol–water partition coefficient (Wildman–Crippen LogP) is 4.64. The summed E-state index contributed by atoms with van der Waals surface area (Å²) in [6.45, 7) is 2.08. The summed E-state index contributed by atoms with van der Waals surface area (Å²) >= 11 is 9.11. The minimum Gasteiger partial charge on any atom is -0.348 e. The van der Waals surface area contributed by atoms with Crippen LogP contribution >= 0.6 is 34.7 Å². The summed E-state index contributed by atoms with van der Waals surface area (Å²) in [7, 11) is 0. The Morgan fingerprint density at radius 3 is 2.43 bits per heavy atom. The van der Waals surface area contributed by atoms with E-state index in [-0.39, 0.29) is 29.5 Å². The van der Waals surface area contributed by atoms with E-state index in [0.29, 0.717) is 44.6 Å². The summed E-state index contributed by atoms with van der Waals surface area (Å²) in [4.78, 5) is 26.0. The highest BCUT2D eigenvalue weighted by molar-refractivity contribution is 7.99. The van der Waals surface area contributed by atoms with Crippen LogP contribution in [0.4, 0.5) is 5.13 Å². The molecule has 194 valence electrons. The third kappa shape index (κ3) is 5.00. The Balaban J connectivity index is 1.18. The van der Waals surface area contributed by atoms with Crippen LogP contribution < -0.4 is 10.6 Å². The van der Waals surface area contributed by atoms with Crippen molar-refractivity contribution in [1.29, 1.82) is 0 Å². The summed E-state index contributed by atoms with van der Waals surface area (Å²) in [5.41, 5.74) is 0.471. The molecule has 4 saturated carbocycles. The highest BCUT2D eigenvalue weighted by atomic mass is 35.5. The van der Waals surface area contributed by atoms with E-state index in [1.54, 1.807) is 6.07 Å². The predicted molar refractivity (Wildman–Crippen MR) is 143 cm³/mol. The Morgan fingerprint density at radius 2 is 1.78 bits per heavy atom. The van der Waals surface area contributed by atoms with Crippen molar-refractivity contribution in [3.05, 3.63) is 40.1 Å². The zero-order valence-electron chi connectivity index (χ0n) is 20.4. The minimum atomic E-state index is -0.233. The van der Waals surface area contributed by atoms with E-state index < -0.39 is 0 Å². The lowest BCUT2D eigenvalue weighted by Gasteiger charge is -2.55. The molecule has 2 aromatic heterocycles. The number of amides is 2. The van der Waals surface area contributed by atoms with E-state index in [9.17, 15) is 9.59 Å². The number of aromatic nitrogens is 5. The number of carbonyl (C=O) groups excluding carboxylic acids is 2. The number of para-hydroxylation sites is 1. The minimum absolute atomic E-state index is 0.112. The molecule has 0 spiro atoms. The lowest BCUT2D eigenvalue weighted by molar-refractivity contribution is -0.146. The molecule has 4 fully saturated rings. The van der Waals surface area contributed by atoms with Gasteiger partial charge in [-0.1, -0.05) is 46.8 Å². The first-order chi connectivity index (χ1) is 17.9. The van der Waals surface area contributed by atoms with Gasteiger partial charge in [0, 0.05) is 5.41 Å². The molecule has 9 nitrogen and oxygen atoms in total. The van der Waals surface area contributed by atoms with Crippen molar-refractivity contribution in [3.8, 4) is 5.69 Å². The van der Waals surface area contributed by atoms with Gasteiger partial charge in [0.25, 0.3) is 0 Å². The molecule has 4 aliphatic rings. The molecule has 7 rings (SSSR count). The zero-order chi connectivity index (χ0) is 25.6. The summed E-state index contributed by atoms with van der Waals surface area (Å²) < 4.78 is 1.83. The number of nitrogens with zero attached hydrogens (tertiary/aromatic N) is 5. The summed E-state index contributed by atoms with van der Waals surface area (Å²) in [5.74, 6) is 2.70. The zero-order valence-corrected chi connectivity index (χ0v) is 22.8. The van der Waals surface area contributed by atoms with Crippen LogP contribution in [0.5, 0.6) is 0 Å². The molecule has 12 heteroatoms. The Bertz CT molecular complexity index is 1300. The molecular weight excluding hydrogens is 530 g/mol. The van der Waals surface area contributed by atoms with Crippen LogP contribution in [0.25, 0.3) is 5.69 Å². The molecule has 4 bridgehead atoms. The number of benzene rings is 1. The molecule has 0 unspecified atom stereocenters. The first kappa shape index (κ1) is 24.8. The summed E-state index contributed by atoms with van der Waals surface area (Å²) in [6, 6.07) is 7.42. The molecule has 2 N–H and O–H groups in total. The number of nitrogens with one attached hydrogen (secondary N) is 2. The van der Waals surface area contributed by atoms with Gasteiger partial charge in [-0.25, -0.2) is 0 Å². The van der Waals surface area contributed by atoms with Gasteiger partial charge in [0.2, 0.25) is 16.9 Å². The van der Waals surface area contributed by atoms with Crippen molar-refractivity contribution in [1.82, 2.24) is 30.3 Å². The Labute approximate surface area is 228 Å². The topological polar surface area (TPSA) is 115 Å². The largest absolute Gasteiger partial charge is 0.348 e. The smallest absolute Gasteiger partial charge is 0.236 e. The van der Waals surface area contributed by atoms with Crippen LogP contribution in [0.3, 0.4) is 0 Å². The maximum atomic E-state index is 13.5. The lowest BCUT2D eigenvalue weighted by Crippen LogP contribution is -2.53. The molecule has 37 heavy (non-hydrogen) atoms. The van der Waals surface area contributed by atoms with E-state index in [1.807, 2.05) is 29.7 Å². The lowest BCUT2D eigenvalue weighted by atomic mass is 9.49. The Morgan fingerprint density at radius 1 is 1.08 bits per heavy atom. The number of hydrogen-bond donors (Lipinski definition) is 2. The maximum Gasteiger partial charge on any atom is 0.236 e. The molecule has 1 aromatic carbocycles. The first-order valence-electron chi connectivity index (χ1n) is 12.6. The third-order valence-electron chi connectivity index (χ3n) is 7.83. The van der Waals surface area contributed by atoms with Crippen molar-refractivity contribution >= 4 is 51.6 Å². The van der Waals surface area contributed by atoms with Gasteiger partial charge in [0.1, 0.15) is 5.01 Å². The fraction of sp³-hybridized carbons (Fsp3) is 0.520. The van der Waals surface area contributed by atoms with Gasteiger partial charge in [-0.05, 0) is 75.3 Å². The number of hydrogen-bond acceptors (Lipinski definition) is 8. The molecule has 0 aliphatic heterocycles.